The molecule has 2 aliphatic heterocycles. The van der Waals surface area contributed by atoms with Crippen LogP contribution >= 0.6 is 0 Å². The zero-order chi connectivity index (χ0) is 17.9. The van der Waals surface area contributed by atoms with Crippen LogP contribution in [0.15, 0.2) is 0 Å². The van der Waals surface area contributed by atoms with Crippen molar-refractivity contribution >= 4 is 22.1 Å². The molecule has 0 radical (unpaired) electrons. The zero-order valence-corrected chi connectivity index (χ0v) is 15.4. The summed E-state index contributed by atoms with van der Waals surface area (Å²) in [4.78, 5) is 25.6. The van der Waals surface area contributed by atoms with Crippen molar-refractivity contribution in [1.82, 2.24) is 14.5 Å². The fourth-order valence-corrected chi connectivity index (χ4v) is 4.91. The highest BCUT2D eigenvalue weighted by Gasteiger charge is 2.72. The summed E-state index contributed by atoms with van der Waals surface area (Å²) in [6.45, 7) is 6.22. The second-order valence-electron chi connectivity index (χ2n) is 8.08. The summed E-state index contributed by atoms with van der Waals surface area (Å²) in [6, 6.07) is -0.111. The molecule has 3 fully saturated rings. The number of piperidine rings is 1. The summed E-state index contributed by atoms with van der Waals surface area (Å²) in [7, 11) is -3.15. The second-order valence-corrected chi connectivity index (χ2v) is 10.1. The molecule has 136 valence electrons. The minimum Gasteiger partial charge on any atom is -0.443 e. The van der Waals surface area contributed by atoms with E-state index >= 15 is 0 Å². The molecule has 9 heteroatoms. The van der Waals surface area contributed by atoms with Crippen LogP contribution in [0, 0.1) is 5.41 Å². The van der Waals surface area contributed by atoms with Crippen LogP contribution in [0.4, 0.5) is 9.59 Å². The summed E-state index contributed by atoms with van der Waals surface area (Å²) in [5, 5.41) is 2.27. The average molecular weight is 359 g/mol. The highest BCUT2D eigenvalue weighted by atomic mass is 32.2. The number of likely N-dealkylation sites (tertiary alicyclic amines) is 1. The van der Waals surface area contributed by atoms with Gasteiger partial charge >= 0.3 is 12.1 Å². The van der Waals surface area contributed by atoms with Gasteiger partial charge in [-0.3, -0.25) is 0 Å². The van der Waals surface area contributed by atoms with Crippen molar-refractivity contribution < 1.29 is 22.7 Å². The molecular formula is C15H25N3O5S. The van der Waals surface area contributed by atoms with Crippen molar-refractivity contribution in [1.29, 1.82) is 0 Å². The Balaban J connectivity index is 1.53. The van der Waals surface area contributed by atoms with Gasteiger partial charge in [-0.25, -0.2) is 27.6 Å². The van der Waals surface area contributed by atoms with Gasteiger partial charge in [0, 0.05) is 13.1 Å². The number of nitrogens with zero attached hydrogens (tertiary/aromatic N) is 2. The molecule has 0 bridgehead atoms. The molecule has 24 heavy (non-hydrogen) atoms. The van der Waals surface area contributed by atoms with Crippen LogP contribution in [0.3, 0.4) is 0 Å². The lowest BCUT2D eigenvalue weighted by Crippen LogP contribution is -2.50. The third-order valence-electron chi connectivity index (χ3n) is 5.20. The highest BCUT2D eigenvalue weighted by molar-refractivity contribution is 7.88. The van der Waals surface area contributed by atoms with Crippen molar-refractivity contribution in [2.24, 2.45) is 5.41 Å². The molecule has 2 saturated heterocycles. The lowest BCUT2D eigenvalue weighted by atomic mass is 9.63. The van der Waals surface area contributed by atoms with E-state index in [2.05, 4.69) is 5.32 Å². The minimum absolute atomic E-state index is 0.0110. The Morgan fingerprint density at radius 3 is 2.29 bits per heavy atom. The smallest absolute Gasteiger partial charge is 0.415 e. The molecule has 2 atom stereocenters. The Morgan fingerprint density at radius 2 is 1.79 bits per heavy atom. The summed E-state index contributed by atoms with van der Waals surface area (Å²) in [5.41, 5.74) is -0.640. The molecule has 2 heterocycles. The second kappa shape index (κ2) is 5.32. The maximum Gasteiger partial charge on any atom is 0.415 e. The number of alkyl carbamates (subject to hydrolysis) is 1. The van der Waals surface area contributed by atoms with Crippen molar-refractivity contribution in [2.75, 3.05) is 19.3 Å². The number of rotatable bonds is 1. The summed E-state index contributed by atoms with van der Waals surface area (Å²) in [6.07, 6.45) is 2.90. The Bertz CT molecular complexity index is 661. The maximum absolute atomic E-state index is 12.2. The fourth-order valence-electron chi connectivity index (χ4n) is 4.07. The first-order valence-corrected chi connectivity index (χ1v) is 10.1. The first-order valence-electron chi connectivity index (χ1n) is 8.20. The largest absolute Gasteiger partial charge is 0.443 e. The van der Waals surface area contributed by atoms with Gasteiger partial charge in [-0.2, -0.15) is 0 Å². The number of imide groups is 1. The normalized spacial score (nSPS) is 28.8. The third kappa shape index (κ3) is 3.11. The molecular weight excluding hydrogens is 334 g/mol. The van der Waals surface area contributed by atoms with Crippen molar-refractivity contribution in [3.8, 4) is 0 Å². The number of amides is 3. The number of hydrogen-bond donors (Lipinski definition) is 1. The molecule has 3 amide bonds. The van der Waals surface area contributed by atoms with Gasteiger partial charge in [0.05, 0.1) is 18.3 Å². The number of sulfonamides is 1. The number of nitrogens with one attached hydrogen (secondary N) is 1. The van der Waals surface area contributed by atoms with E-state index in [-0.39, 0.29) is 17.5 Å². The van der Waals surface area contributed by atoms with E-state index in [9.17, 15) is 18.0 Å². The molecule has 2 unspecified atom stereocenters. The predicted molar refractivity (Wildman–Crippen MR) is 86.9 cm³/mol. The molecule has 1 spiro atoms. The van der Waals surface area contributed by atoms with Crippen LogP contribution in [0.2, 0.25) is 0 Å². The van der Waals surface area contributed by atoms with E-state index in [0.717, 1.165) is 19.3 Å². The van der Waals surface area contributed by atoms with E-state index < -0.39 is 27.7 Å². The van der Waals surface area contributed by atoms with Crippen LogP contribution < -0.4 is 5.32 Å². The SMILES string of the molecule is CC(C)(C)OC(=O)NC(=O)N1C2CC3(CCN(S(C)(=O)=O)CC3)C21. The molecule has 0 aromatic rings. The summed E-state index contributed by atoms with van der Waals surface area (Å²) >= 11 is 0. The van der Waals surface area contributed by atoms with Gasteiger partial charge in [-0.15, -0.1) is 0 Å². The Labute approximate surface area is 142 Å². The van der Waals surface area contributed by atoms with Gasteiger partial charge in [0.2, 0.25) is 10.0 Å². The van der Waals surface area contributed by atoms with E-state index in [1.54, 1.807) is 25.7 Å². The van der Waals surface area contributed by atoms with E-state index in [1.807, 2.05) is 0 Å². The number of ether oxygens (including phenoxy) is 1. The van der Waals surface area contributed by atoms with Crippen molar-refractivity contribution in [2.45, 2.75) is 57.7 Å². The van der Waals surface area contributed by atoms with Gasteiger partial charge in [-0.05, 0) is 45.4 Å². The lowest BCUT2D eigenvalue weighted by Gasteiger charge is -2.44. The molecule has 0 aromatic carbocycles. The minimum atomic E-state index is -3.15. The molecule has 0 aromatic heterocycles. The standard InChI is InChI=1S/C15H25N3O5S/c1-14(2,3)23-13(20)16-12(19)18-10-9-15(11(10)18)5-7-17(8-6-15)24(4,21)22/h10-11H,5-9H2,1-4H3,(H,16,19,20). The Morgan fingerprint density at radius 1 is 1.21 bits per heavy atom. The molecule has 1 saturated carbocycles. The van der Waals surface area contributed by atoms with Crippen LogP contribution in [0.1, 0.15) is 40.0 Å². The van der Waals surface area contributed by atoms with Gasteiger partial charge in [0.1, 0.15) is 5.60 Å². The number of carbonyl (C=O) groups excluding carboxylic acids is 2. The zero-order valence-electron chi connectivity index (χ0n) is 14.5. The topological polar surface area (TPSA) is 95.8 Å². The molecule has 3 rings (SSSR count). The number of urea groups is 1. The van der Waals surface area contributed by atoms with Crippen LogP contribution in [0.5, 0.6) is 0 Å². The first kappa shape index (κ1) is 17.5. The number of hydrogen-bond acceptors (Lipinski definition) is 5. The van der Waals surface area contributed by atoms with Gasteiger partial charge in [0.25, 0.3) is 0 Å². The van der Waals surface area contributed by atoms with E-state index in [1.165, 1.54) is 10.6 Å². The van der Waals surface area contributed by atoms with Gasteiger partial charge in [0.15, 0.2) is 0 Å². The van der Waals surface area contributed by atoms with Crippen molar-refractivity contribution in [3.63, 3.8) is 0 Å². The van der Waals surface area contributed by atoms with Crippen LogP contribution in [0.25, 0.3) is 0 Å². The molecule has 1 aliphatic carbocycles. The molecule has 3 aliphatic rings. The summed E-state index contributed by atoms with van der Waals surface area (Å²) in [5.74, 6) is 0. The average Bonchev–Trinajstić information content (AvgIpc) is 3.03. The van der Waals surface area contributed by atoms with Crippen LogP contribution in [-0.4, -0.2) is 66.8 Å². The van der Waals surface area contributed by atoms with Gasteiger partial charge in [-0.1, -0.05) is 0 Å². The third-order valence-corrected chi connectivity index (χ3v) is 6.51. The fraction of sp³-hybridized carbons (Fsp3) is 0.867. The molecule has 8 nitrogen and oxygen atoms in total. The van der Waals surface area contributed by atoms with E-state index in [0.29, 0.717) is 13.1 Å². The highest BCUT2D eigenvalue weighted by Crippen LogP contribution is 2.63. The van der Waals surface area contributed by atoms with Crippen molar-refractivity contribution in [3.05, 3.63) is 0 Å². The monoisotopic (exact) mass is 359 g/mol. The maximum atomic E-state index is 12.2. The van der Waals surface area contributed by atoms with Crippen LogP contribution in [-0.2, 0) is 14.8 Å². The summed E-state index contributed by atoms with van der Waals surface area (Å²) < 4.78 is 29.8. The molecule has 1 N–H and O–H groups in total. The predicted octanol–water partition coefficient (Wildman–Crippen LogP) is 1.13. The first-order chi connectivity index (χ1) is 10.9. The van der Waals surface area contributed by atoms with E-state index in [4.69, 9.17) is 4.74 Å². The number of fused-ring (bicyclic) bond motifs is 2. The van der Waals surface area contributed by atoms with Gasteiger partial charge < -0.3 is 9.64 Å². The number of carbonyl (C=O) groups is 2. The Hall–Kier alpha value is -1.35. The quantitative estimate of drug-likeness (QED) is 0.708. The lowest BCUT2D eigenvalue weighted by molar-refractivity contribution is 0.0540. The Kier molecular flexibility index (Phi) is 3.87.